The number of rotatable bonds is 6. The van der Waals surface area contributed by atoms with Gasteiger partial charge in [-0.15, -0.1) is 11.8 Å². The molecule has 0 spiro atoms. The molecule has 29 heavy (non-hydrogen) atoms. The van der Waals surface area contributed by atoms with E-state index in [1.54, 1.807) is 18.7 Å². The molecule has 0 aromatic carbocycles. The highest BCUT2D eigenvalue weighted by atomic mass is 32.2. The average Bonchev–Trinajstić information content (AvgIpc) is 3.18. The van der Waals surface area contributed by atoms with Crippen molar-refractivity contribution >= 4 is 23.6 Å². The van der Waals surface area contributed by atoms with E-state index in [1.165, 1.54) is 10.5 Å². The summed E-state index contributed by atoms with van der Waals surface area (Å²) in [6.45, 7) is 4.40. The molecule has 2 saturated heterocycles. The predicted octanol–water partition coefficient (Wildman–Crippen LogP) is 0.671. The van der Waals surface area contributed by atoms with Crippen molar-refractivity contribution in [2.45, 2.75) is 50.1 Å². The second kappa shape index (κ2) is 7.74. The van der Waals surface area contributed by atoms with Crippen molar-refractivity contribution in [1.82, 2.24) is 10.2 Å². The van der Waals surface area contributed by atoms with Gasteiger partial charge in [0.2, 0.25) is 5.91 Å². The molecular weight excluding hydrogens is 390 g/mol. The number of thioether (sulfide) groups is 1. The molecule has 1 aromatic heterocycles. The van der Waals surface area contributed by atoms with E-state index < -0.39 is 18.0 Å². The Balaban J connectivity index is 1.45. The summed E-state index contributed by atoms with van der Waals surface area (Å²) in [6.07, 6.45) is 5.21. The number of amides is 1. The number of aliphatic hydroxyl groups excluding tert-OH is 1. The first-order valence-electron chi connectivity index (χ1n) is 10.1. The SMILES string of the molecule is C[C@@H](O)[C@H]1C(=O)N2C(C(=O)O)=C(S[C@@H]3CN[C@@H](Cc4cc[n+](C)cc4)C3)[C@H](C)[C@H]12. The van der Waals surface area contributed by atoms with E-state index in [4.69, 9.17) is 0 Å². The Hall–Kier alpha value is -1.90. The highest BCUT2D eigenvalue weighted by molar-refractivity contribution is 8.03. The quantitative estimate of drug-likeness (QED) is 0.465. The first-order chi connectivity index (χ1) is 13.8. The Labute approximate surface area is 174 Å². The normalized spacial score (nSPS) is 32.3. The third-order valence-corrected chi connectivity index (χ3v) is 7.83. The Morgan fingerprint density at radius 1 is 1.41 bits per heavy atom. The van der Waals surface area contributed by atoms with E-state index in [0.717, 1.165) is 24.3 Å². The summed E-state index contributed by atoms with van der Waals surface area (Å²) >= 11 is 1.60. The van der Waals surface area contributed by atoms with Gasteiger partial charge in [-0.05, 0) is 25.3 Å². The van der Waals surface area contributed by atoms with Gasteiger partial charge in [-0.2, -0.15) is 0 Å². The number of pyridine rings is 1. The van der Waals surface area contributed by atoms with Crippen LogP contribution in [0.5, 0.6) is 0 Å². The number of nitrogens with one attached hydrogen (secondary N) is 1. The van der Waals surface area contributed by atoms with E-state index in [2.05, 4.69) is 17.4 Å². The van der Waals surface area contributed by atoms with Gasteiger partial charge in [0.1, 0.15) is 12.7 Å². The monoisotopic (exact) mass is 418 g/mol. The van der Waals surface area contributed by atoms with Crippen molar-refractivity contribution in [3.63, 3.8) is 0 Å². The molecule has 0 unspecified atom stereocenters. The molecule has 8 heteroatoms. The van der Waals surface area contributed by atoms with Crippen LogP contribution in [0.2, 0.25) is 0 Å². The zero-order chi connectivity index (χ0) is 20.9. The molecule has 3 aliphatic rings. The van der Waals surface area contributed by atoms with Crippen LogP contribution in [0.25, 0.3) is 0 Å². The number of aliphatic hydroxyl groups is 1. The average molecular weight is 419 g/mol. The zero-order valence-electron chi connectivity index (χ0n) is 16.9. The van der Waals surface area contributed by atoms with Crippen LogP contribution in [0.15, 0.2) is 35.1 Å². The number of aryl methyl sites for hydroxylation is 1. The summed E-state index contributed by atoms with van der Waals surface area (Å²) in [5.41, 5.74) is 1.40. The van der Waals surface area contributed by atoms with E-state index in [1.807, 2.05) is 30.9 Å². The van der Waals surface area contributed by atoms with Gasteiger partial charge in [0.25, 0.3) is 0 Å². The van der Waals surface area contributed by atoms with Gasteiger partial charge in [-0.25, -0.2) is 9.36 Å². The first-order valence-corrected chi connectivity index (χ1v) is 11.0. The van der Waals surface area contributed by atoms with Gasteiger partial charge in [0.05, 0.1) is 18.1 Å². The summed E-state index contributed by atoms with van der Waals surface area (Å²) in [5, 5.41) is 23.6. The fraction of sp³-hybridized carbons (Fsp3) is 0.571. The number of nitrogens with zero attached hydrogens (tertiary/aromatic N) is 2. The van der Waals surface area contributed by atoms with Gasteiger partial charge in [-0.3, -0.25) is 4.79 Å². The second-order valence-electron chi connectivity index (χ2n) is 8.43. The van der Waals surface area contributed by atoms with Crippen molar-refractivity contribution in [3.8, 4) is 0 Å². The number of carbonyl (C=O) groups is 2. The van der Waals surface area contributed by atoms with Crippen molar-refractivity contribution in [2.24, 2.45) is 18.9 Å². The van der Waals surface area contributed by atoms with Crippen molar-refractivity contribution in [1.29, 1.82) is 0 Å². The highest BCUT2D eigenvalue weighted by Crippen LogP contribution is 2.51. The number of aromatic nitrogens is 1. The molecule has 7 nitrogen and oxygen atoms in total. The van der Waals surface area contributed by atoms with Crippen molar-refractivity contribution < 1.29 is 24.4 Å². The van der Waals surface area contributed by atoms with Gasteiger partial charge < -0.3 is 20.4 Å². The lowest BCUT2D eigenvalue weighted by Gasteiger charge is -2.46. The number of carbonyl (C=O) groups excluding carboxylic acids is 1. The molecule has 0 aliphatic carbocycles. The predicted molar refractivity (Wildman–Crippen MR) is 109 cm³/mol. The van der Waals surface area contributed by atoms with E-state index in [0.29, 0.717) is 6.04 Å². The fourth-order valence-electron chi connectivity index (χ4n) is 4.84. The largest absolute Gasteiger partial charge is 0.477 e. The molecule has 0 saturated carbocycles. The molecule has 6 atom stereocenters. The lowest BCUT2D eigenvalue weighted by Crippen LogP contribution is -2.63. The van der Waals surface area contributed by atoms with Crippen LogP contribution >= 0.6 is 11.8 Å². The van der Waals surface area contributed by atoms with Crippen LogP contribution in [0, 0.1) is 11.8 Å². The molecule has 2 fully saturated rings. The topological polar surface area (TPSA) is 93.8 Å². The molecule has 0 bridgehead atoms. The Kier molecular flexibility index (Phi) is 5.44. The van der Waals surface area contributed by atoms with Crippen LogP contribution in [0.4, 0.5) is 0 Å². The van der Waals surface area contributed by atoms with E-state index >= 15 is 0 Å². The smallest absolute Gasteiger partial charge is 0.353 e. The maximum atomic E-state index is 12.5. The molecular formula is C21H28N3O4S+. The molecule has 0 radical (unpaired) electrons. The highest BCUT2D eigenvalue weighted by Gasteiger charge is 2.60. The molecule has 1 aromatic rings. The fourth-order valence-corrected chi connectivity index (χ4v) is 6.36. The van der Waals surface area contributed by atoms with Crippen LogP contribution < -0.4 is 9.88 Å². The number of hydrogen-bond donors (Lipinski definition) is 3. The number of aliphatic carboxylic acids is 1. The van der Waals surface area contributed by atoms with E-state index in [9.17, 15) is 19.8 Å². The zero-order valence-corrected chi connectivity index (χ0v) is 17.7. The van der Waals surface area contributed by atoms with Crippen molar-refractivity contribution in [2.75, 3.05) is 6.54 Å². The lowest BCUT2D eigenvalue weighted by atomic mass is 9.79. The Morgan fingerprint density at radius 2 is 2.10 bits per heavy atom. The summed E-state index contributed by atoms with van der Waals surface area (Å²) in [7, 11) is 2.00. The third kappa shape index (κ3) is 3.58. The Morgan fingerprint density at radius 3 is 2.72 bits per heavy atom. The maximum Gasteiger partial charge on any atom is 0.353 e. The van der Waals surface area contributed by atoms with Crippen LogP contribution in [0.3, 0.4) is 0 Å². The number of carboxylic acids is 1. The van der Waals surface area contributed by atoms with Gasteiger partial charge in [0.15, 0.2) is 12.4 Å². The molecule has 4 heterocycles. The third-order valence-electron chi connectivity index (χ3n) is 6.32. The minimum atomic E-state index is -1.06. The summed E-state index contributed by atoms with van der Waals surface area (Å²) in [4.78, 5) is 26.6. The molecule has 3 aliphatic heterocycles. The number of β-lactam (4-membered cyclic amide) rings is 1. The first kappa shape index (κ1) is 20.4. The van der Waals surface area contributed by atoms with Gasteiger partial charge >= 0.3 is 5.97 Å². The summed E-state index contributed by atoms with van der Waals surface area (Å²) < 4.78 is 2.01. The standard InChI is InChI=1S/C21H27N3O4S/c1-11-17-16(12(2)25)20(26)24(17)18(21(27)28)19(11)29-15-9-14(22-10-15)8-13-4-6-23(3)7-5-13/h4-7,11-12,14-17,22,25H,8-10H2,1-3H3/p+1/t11-,12-,14+,15+,16-,17-/m1/s1. The Bertz CT molecular complexity index is 854. The number of hydrogen-bond acceptors (Lipinski definition) is 5. The number of fused-ring (bicyclic) bond motifs is 1. The molecule has 1 amide bonds. The van der Waals surface area contributed by atoms with E-state index in [-0.39, 0.29) is 28.8 Å². The molecule has 3 N–H and O–H groups in total. The molecule has 4 rings (SSSR count). The van der Waals surface area contributed by atoms with Crippen molar-refractivity contribution in [3.05, 3.63) is 40.7 Å². The maximum absolute atomic E-state index is 12.5. The van der Waals surface area contributed by atoms with Crippen LogP contribution in [0.1, 0.15) is 25.8 Å². The lowest BCUT2D eigenvalue weighted by molar-refractivity contribution is -0.671. The summed E-state index contributed by atoms with van der Waals surface area (Å²) in [6, 6.07) is 4.36. The van der Waals surface area contributed by atoms with Crippen LogP contribution in [-0.4, -0.2) is 57.0 Å². The van der Waals surface area contributed by atoms with Gasteiger partial charge in [0, 0.05) is 40.8 Å². The number of carboxylic acid groups (broad SMARTS) is 1. The molecule has 156 valence electrons. The van der Waals surface area contributed by atoms with Crippen LogP contribution in [-0.2, 0) is 23.1 Å². The van der Waals surface area contributed by atoms with Gasteiger partial charge in [-0.1, -0.05) is 6.92 Å². The summed E-state index contributed by atoms with van der Waals surface area (Å²) in [5.74, 6) is -1.91. The minimum absolute atomic E-state index is 0.0726. The second-order valence-corrected chi connectivity index (χ2v) is 9.77. The minimum Gasteiger partial charge on any atom is -0.477 e.